The van der Waals surface area contributed by atoms with Gasteiger partial charge in [0.05, 0.1) is 11.3 Å². The molecule has 0 aromatic heterocycles. The molecule has 0 unspecified atom stereocenters. The molecule has 21 heavy (non-hydrogen) atoms. The maximum absolute atomic E-state index is 7.90. The summed E-state index contributed by atoms with van der Waals surface area (Å²) in [5.41, 5.74) is 11.2. The van der Waals surface area contributed by atoms with Crippen LogP contribution in [-0.2, 0) is 0 Å². The van der Waals surface area contributed by atoms with Crippen molar-refractivity contribution in [2.45, 2.75) is 18.7 Å². The van der Waals surface area contributed by atoms with Crippen LogP contribution < -0.4 is 10.6 Å². The number of thioether (sulfide) groups is 1. The third-order valence-corrected chi connectivity index (χ3v) is 4.35. The van der Waals surface area contributed by atoms with Crippen LogP contribution in [0.2, 0.25) is 0 Å². The fourth-order valence-electron chi connectivity index (χ4n) is 2.55. The molecule has 0 atom stereocenters. The molecular weight excluding hydrogens is 278 g/mol. The Morgan fingerprint density at radius 1 is 1.14 bits per heavy atom. The van der Waals surface area contributed by atoms with Crippen LogP contribution in [0.25, 0.3) is 0 Å². The lowest BCUT2D eigenvalue weighted by molar-refractivity contribution is 1.16. The Balaban J connectivity index is 2.58. The average Bonchev–Trinajstić information content (AvgIpc) is 2.45. The number of rotatable bonds is 4. The fourth-order valence-corrected chi connectivity index (χ4v) is 3.18. The zero-order chi connectivity index (χ0) is 15.6. The Morgan fingerprint density at radius 3 is 2.43 bits per heavy atom. The third-order valence-electron chi connectivity index (χ3n) is 3.57. The molecule has 0 aliphatic rings. The van der Waals surface area contributed by atoms with E-state index in [1.165, 1.54) is 11.1 Å². The van der Waals surface area contributed by atoms with Gasteiger partial charge >= 0.3 is 0 Å². The van der Waals surface area contributed by atoms with Crippen LogP contribution in [0.3, 0.4) is 0 Å². The molecule has 0 saturated carbocycles. The molecule has 4 heteroatoms. The molecule has 0 fully saturated rings. The van der Waals surface area contributed by atoms with E-state index in [1.54, 1.807) is 11.8 Å². The predicted octanol–water partition coefficient (Wildman–Crippen LogP) is 4.08. The summed E-state index contributed by atoms with van der Waals surface area (Å²) in [4.78, 5) is 3.13. The van der Waals surface area contributed by atoms with Gasteiger partial charge in [-0.3, -0.25) is 5.41 Å². The molecule has 0 aliphatic heterocycles. The number of nitrogens with two attached hydrogens (primary N) is 1. The molecule has 2 aromatic carbocycles. The lowest BCUT2D eigenvalue weighted by atomic mass is 10.1. The maximum Gasteiger partial charge on any atom is 0.126 e. The first-order chi connectivity index (χ1) is 9.95. The number of amidine groups is 1. The van der Waals surface area contributed by atoms with Crippen molar-refractivity contribution >= 4 is 29.0 Å². The van der Waals surface area contributed by atoms with Gasteiger partial charge in [0, 0.05) is 17.6 Å². The highest BCUT2D eigenvalue weighted by Gasteiger charge is 2.16. The number of hydrogen-bond donors (Lipinski definition) is 2. The molecule has 0 spiro atoms. The number of nitrogens with one attached hydrogen (secondary N) is 1. The summed E-state index contributed by atoms with van der Waals surface area (Å²) in [6, 6.07) is 12.4. The molecule has 0 saturated heterocycles. The van der Waals surface area contributed by atoms with Crippen molar-refractivity contribution in [1.29, 1.82) is 5.41 Å². The van der Waals surface area contributed by atoms with Gasteiger partial charge in [-0.1, -0.05) is 23.8 Å². The van der Waals surface area contributed by atoms with Crippen LogP contribution in [0.4, 0.5) is 11.4 Å². The van der Waals surface area contributed by atoms with Gasteiger partial charge in [-0.25, -0.2) is 0 Å². The molecule has 3 N–H and O–H groups in total. The summed E-state index contributed by atoms with van der Waals surface area (Å²) in [6.45, 7) is 4.19. The maximum atomic E-state index is 7.90. The van der Waals surface area contributed by atoms with E-state index < -0.39 is 0 Å². The van der Waals surface area contributed by atoms with E-state index in [0.29, 0.717) is 0 Å². The SMILES string of the molecule is CSc1cccc(N(C)c2ccc(C)cc2C)c1C(=N)N. The van der Waals surface area contributed by atoms with Crippen molar-refractivity contribution in [2.24, 2.45) is 5.73 Å². The Morgan fingerprint density at radius 2 is 1.86 bits per heavy atom. The Labute approximate surface area is 130 Å². The smallest absolute Gasteiger partial charge is 0.126 e. The van der Waals surface area contributed by atoms with Crippen LogP contribution in [0, 0.1) is 19.3 Å². The summed E-state index contributed by atoms with van der Waals surface area (Å²) >= 11 is 1.61. The molecule has 0 radical (unpaired) electrons. The Bertz CT molecular complexity index is 680. The van der Waals surface area contributed by atoms with Gasteiger partial charge in [0.15, 0.2) is 0 Å². The summed E-state index contributed by atoms with van der Waals surface area (Å²) in [7, 11) is 2.02. The molecule has 0 aliphatic carbocycles. The van der Waals surface area contributed by atoms with E-state index >= 15 is 0 Å². The van der Waals surface area contributed by atoms with E-state index in [2.05, 4.69) is 36.9 Å². The van der Waals surface area contributed by atoms with Crippen LogP contribution in [0.5, 0.6) is 0 Å². The van der Waals surface area contributed by atoms with Crippen molar-refractivity contribution in [1.82, 2.24) is 0 Å². The molecule has 0 amide bonds. The second-order valence-corrected chi connectivity index (χ2v) is 5.97. The monoisotopic (exact) mass is 299 g/mol. The number of aryl methyl sites for hydroxylation is 2. The van der Waals surface area contributed by atoms with Crippen molar-refractivity contribution in [3.05, 3.63) is 53.1 Å². The van der Waals surface area contributed by atoms with Crippen molar-refractivity contribution in [3.63, 3.8) is 0 Å². The number of nitrogens with zero attached hydrogens (tertiary/aromatic N) is 1. The molecule has 110 valence electrons. The minimum absolute atomic E-state index is 0.103. The summed E-state index contributed by atoms with van der Waals surface area (Å²) in [5.74, 6) is 0.103. The number of anilines is 2. The molecule has 2 rings (SSSR count). The minimum atomic E-state index is 0.103. The van der Waals surface area contributed by atoms with Crippen molar-refractivity contribution in [3.8, 4) is 0 Å². The van der Waals surface area contributed by atoms with Crippen molar-refractivity contribution < 1.29 is 0 Å². The number of nitrogen functional groups attached to an aromatic ring is 1. The van der Waals surface area contributed by atoms with Crippen LogP contribution in [0.1, 0.15) is 16.7 Å². The van der Waals surface area contributed by atoms with E-state index in [9.17, 15) is 0 Å². The minimum Gasteiger partial charge on any atom is -0.384 e. The summed E-state index contributed by atoms with van der Waals surface area (Å²) in [6.07, 6.45) is 2.00. The molecular formula is C17H21N3S. The van der Waals surface area contributed by atoms with E-state index in [4.69, 9.17) is 11.1 Å². The zero-order valence-corrected chi connectivity index (χ0v) is 13.7. The Hall–Kier alpha value is -1.94. The fraction of sp³-hybridized carbons (Fsp3) is 0.235. The Kier molecular flexibility index (Phi) is 4.58. The highest BCUT2D eigenvalue weighted by Crippen LogP contribution is 2.34. The molecule has 0 heterocycles. The molecule has 0 bridgehead atoms. The first-order valence-electron chi connectivity index (χ1n) is 6.78. The molecule has 2 aromatic rings. The van der Waals surface area contributed by atoms with Gasteiger partial charge in [0.1, 0.15) is 5.84 Å². The van der Waals surface area contributed by atoms with E-state index in [-0.39, 0.29) is 5.84 Å². The predicted molar refractivity (Wildman–Crippen MR) is 93.2 cm³/mol. The summed E-state index contributed by atoms with van der Waals surface area (Å²) in [5, 5.41) is 7.90. The van der Waals surface area contributed by atoms with E-state index in [0.717, 1.165) is 21.8 Å². The van der Waals surface area contributed by atoms with Crippen LogP contribution >= 0.6 is 11.8 Å². The first kappa shape index (κ1) is 15.4. The summed E-state index contributed by atoms with van der Waals surface area (Å²) < 4.78 is 0. The largest absolute Gasteiger partial charge is 0.384 e. The normalized spacial score (nSPS) is 10.5. The average molecular weight is 299 g/mol. The topological polar surface area (TPSA) is 53.1 Å². The number of benzene rings is 2. The zero-order valence-electron chi connectivity index (χ0n) is 12.9. The van der Waals surface area contributed by atoms with Crippen molar-refractivity contribution in [2.75, 3.05) is 18.2 Å². The van der Waals surface area contributed by atoms with Crippen LogP contribution in [0.15, 0.2) is 41.3 Å². The standard InChI is InChI=1S/C17H21N3S/c1-11-8-9-13(12(2)10-11)20(3)14-6-5-7-15(21-4)16(14)17(18)19/h5-10H,1-4H3,(H3,18,19). The van der Waals surface area contributed by atoms with Gasteiger partial charge in [-0.05, 0) is 43.9 Å². The van der Waals surface area contributed by atoms with Crippen LogP contribution in [-0.4, -0.2) is 19.1 Å². The van der Waals surface area contributed by atoms with Gasteiger partial charge < -0.3 is 10.6 Å². The second kappa shape index (κ2) is 6.22. The third kappa shape index (κ3) is 3.05. The highest BCUT2D eigenvalue weighted by molar-refractivity contribution is 7.98. The number of hydrogen-bond acceptors (Lipinski definition) is 3. The lowest BCUT2D eigenvalue weighted by Crippen LogP contribution is -2.20. The van der Waals surface area contributed by atoms with Gasteiger partial charge in [0.2, 0.25) is 0 Å². The second-order valence-electron chi connectivity index (χ2n) is 5.12. The van der Waals surface area contributed by atoms with Gasteiger partial charge in [0.25, 0.3) is 0 Å². The molecule has 3 nitrogen and oxygen atoms in total. The van der Waals surface area contributed by atoms with Gasteiger partial charge in [-0.2, -0.15) is 0 Å². The van der Waals surface area contributed by atoms with Gasteiger partial charge in [-0.15, -0.1) is 11.8 Å². The highest BCUT2D eigenvalue weighted by atomic mass is 32.2. The first-order valence-corrected chi connectivity index (χ1v) is 8.00. The quantitative estimate of drug-likeness (QED) is 0.508. The van der Waals surface area contributed by atoms with E-state index in [1.807, 2.05) is 31.5 Å². The lowest BCUT2D eigenvalue weighted by Gasteiger charge is -2.25.